The van der Waals surface area contributed by atoms with Gasteiger partial charge in [-0.05, 0) is 6.42 Å². The first-order valence-corrected chi connectivity index (χ1v) is 6.84. The molecule has 1 amide bonds. The second-order valence-corrected chi connectivity index (χ2v) is 5.70. The molecule has 2 heterocycles. The van der Waals surface area contributed by atoms with Gasteiger partial charge >= 0.3 is 7.82 Å². The van der Waals surface area contributed by atoms with E-state index >= 15 is 0 Å². The number of phosphoric acid groups is 1. The second kappa shape index (κ2) is 4.84. The van der Waals surface area contributed by atoms with Crippen LogP contribution in [0.1, 0.15) is 13.3 Å². The second-order valence-electron chi connectivity index (χ2n) is 4.03. The van der Waals surface area contributed by atoms with Crippen molar-refractivity contribution in [2.45, 2.75) is 13.3 Å². The van der Waals surface area contributed by atoms with Crippen molar-refractivity contribution in [3.05, 3.63) is 0 Å². The quantitative estimate of drug-likeness (QED) is 0.699. The van der Waals surface area contributed by atoms with E-state index in [-0.39, 0.29) is 11.8 Å². The van der Waals surface area contributed by atoms with Crippen molar-refractivity contribution >= 4 is 13.7 Å². The van der Waals surface area contributed by atoms with Gasteiger partial charge in [-0.1, -0.05) is 0 Å². The van der Waals surface area contributed by atoms with Crippen LogP contribution in [0.5, 0.6) is 0 Å². The van der Waals surface area contributed by atoms with Crippen LogP contribution < -0.4 is 0 Å². The van der Waals surface area contributed by atoms with Crippen molar-refractivity contribution in [2.24, 2.45) is 5.92 Å². The largest absolute Gasteiger partial charge is 0.474 e. The Kier molecular flexibility index (Phi) is 3.64. The third-order valence-corrected chi connectivity index (χ3v) is 4.24. The summed E-state index contributed by atoms with van der Waals surface area (Å²) < 4.78 is 26.6. The van der Waals surface area contributed by atoms with Crippen LogP contribution in [0.4, 0.5) is 0 Å². The Morgan fingerprint density at radius 1 is 1.50 bits per heavy atom. The zero-order valence-electron chi connectivity index (χ0n) is 9.26. The van der Waals surface area contributed by atoms with Crippen molar-refractivity contribution in [2.75, 3.05) is 32.9 Å². The van der Waals surface area contributed by atoms with Gasteiger partial charge in [0.05, 0.1) is 19.8 Å². The lowest BCUT2D eigenvalue weighted by Gasteiger charge is -2.15. The molecule has 2 aliphatic rings. The van der Waals surface area contributed by atoms with Crippen molar-refractivity contribution in [3.63, 3.8) is 0 Å². The lowest BCUT2D eigenvalue weighted by atomic mass is 10.1. The Morgan fingerprint density at radius 2 is 2.19 bits per heavy atom. The molecule has 0 N–H and O–H groups in total. The molecule has 0 spiro atoms. The van der Waals surface area contributed by atoms with E-state index in [9.17, 15) is 9.36 Å². The van der Waals surface area contributed by atoms with Crippen LogP contribution in [-0.2, 0) is 22.9 Å². The van der Waals surface area contributed by atoms with Crippen LogP contribution in [0.2, 0.25) is 0 Å². The van der Waals surface area contributed by atoms with Gasteiger partial charge in [0.1, 0.15) is 0 Å². The predicted octanol–water partition coefficient (Wildman–Crippen LogP) is 1.03. The predicted molar refractivity (Wildman–Crippen MR) is 55.8 cm³/mol. The fourth-order valence-electron chi connectivity index (χ4n) is 1.86. The summed E-state index contributed by atoms with van der Waals surface area (Å²) in [5.74, 6) is 0.296. The number of nitrogens with zero attached hydrogens (tertiary/aromatic N) is 1. The van der Waals surface area contributed by atoms with Crippen molar-refractivity contribution in [1.29, 1.82) is 0 Å². The molecular weight excluding hydrogens is 233 g/mol. The number of likely N-dealkylation sites (tertiary alicyclic amines) is 1. The third kappa shape index (κ3) is 2.83. The number of carbonyl (C=O) groups excluding carboxylic acids is 1. The number of hydrogen-bond donors (Lipinski definition) is 0. The van der Waals surface area contributed by atoms with E-state index in [1.807, 2.05) is 0 Å². The highest BCUT2D eigenvalue weighted by molar-refractivity contribution is 7.48. The van der Waals surface area contributed by atoms with Crippen molar-refractivity contribution in [3.8, 4) is 0 Å². The van der Waals surface area contributed by atoms with Crippen LogP contribution in [0, 0.1) is 5.92 Å². The molecule has 6 nitrogen and oxygen atoms in total. The third-order valence-electron chi connectivity index (χ3n) is 2.78. The first-order valence-electron chi connectivity index (χ1n) is 5.38. The van der Waals surface area contributed by atoms with Gasteiger partial charge in [-0.25, -0.2) is 4.57 Å². The molecule has 0 unspecified atom stereocenters. The minimum atomic E-state index is -3.27. The molecule has 0 aromatic carbocycles. The van der Waals surface area contributed by atoms with E-state index in [0.29, 0.717) is 26.4 Å². The fourth-order valence-corrected chi connectivity index (χ4v) is 3.07. The minimum Gasteiger partial charge on any atom is -0.343 e. The number of hydrogen-bond acceptors (Lipinski definition) is 5. The smallest absolute Gasteiger partial charge is 0.343 e. The van der Waals surface area contributed by atoms with Gasteiger partial charge in [0.15, 0.2) is 0 Å². The number of amides is 1. The Labute approximate surface area is 94.5 Å². The minimum absolute atomic E-state index is 0.0718. The van der Waals surface area contributed by atoms with E-state index in [2.05, 4.69) is 0 Å². The van der Waals surface area contributed by atoms with Crippen LogP contribution in [0.3, 0.4) is 0 Å². The van der Waals surface area contributed by atoms with Gasteiger partial charge < -0.3 is 4.90 Å². The highest BCUT2D eigenvalue weighted by Crippen LogP contribution is 2.53. The molecule has 92 valence electrons. The van der Waals surface area contributed by atoms with Crippen molar-refractivity contribution in [1.82, 2.24) is 4.90 Å². The fraction of sp³-hybridized carbons (Fsp3) is 0.889. The van der Waals surface area contributed by atoms with Gasteiger partial charge in [0.25, 0.3) is 0 Å². The standard InChI is InChI=1S/C9H16NO5P/c1-8(11)10-3-2-9(6-10)7-15-16(12)13-4-5-14-16/h9H,2-7H2,1H3/t9-/m1/s1. The summed E-state index contributed by atoms with van der Waals surface area (Å²) in [5.41, 5.74) is 0. The summed E-state index contributed by atoms with van der Waals surface area (Å²) in [6.45, 7) is 3.92. The Bertz CT molecular complexity index is 311. The van der Waals surface area contributed by atoms with Gasteiger partial charge in [-0.15, -0.1) is 0 Å². The maximum Gasteiger partial charge on any atom is 0.474 e. The topological polar surface area (TPSA) is 65.1 Å². The molecule has 2 saturated heterocycles. The monoisotopic (exact) mass is 249 g/mol. The molecule has 1 atom stereocenters. The normalized spacial score (nSPS) is 28.6. The van der Waals surface area contributed by atoms with Crippen LogP contribution in [-0.4, -0.2) is 43.7 Å². The maximum atomic E-state index is 11.6. The lowest BCUT2D eigenvalue weighted by Crippen LogP contribution is -2.26. The summed E-state index contributed by atoms with van der Waals surface area (Å²) in [7, 11) is -3.27. The molecular formula is C9H16NO5P. The van der Waals surface area contributed by atoms with E-state index in [4.69, 9.17) is 13.6 Å². The number of rotatable bonds is 3. The van der Waals surface area contributed by atoms with E-state index in [1.165, 1.54) is 0 Å². The van der Waals surface area contributed by atoms with E-state index < -0.39 is 7.82 Å². The zero-order valence-corrected chi connectivity index (χ0v) is 10.2. The number of carbonyl (C=O) groups is 1. The SMILES string of the molecule is CC(=O)N1CC[C@@H](COP2(=O)OCCO2)C1. The molecule has 2 fully saturated rings. The van der Waals surface area contributed by atoms with Gasteiger partial charge in [-0.2, -0.15) is 0 Å². The summed E-state index contributed by atoms with van der Waals surface area (Å²) in [4.78, 5) is 12.9. The molecule has 0 saturated carbocycles. The average molecular weight is 249 g/mol. The van der Waals surface area contributed by atoms with Crippen LogP contribution in [0.15, 0.2) is 0 Å². The molecule has 7 heteroatoms. The summed E-state index contributed by atoms with van der Waals surface area (Å²) in [5, 5.41) is 0. The molecule has 0 radical (unpaired) electrons. The van der Waals surface area contributed by atoms with Gasteiger partial charge in [-0.3, -0.25) is 18.4 Å². The van der Waals surface area contributed by atoms with E-state index in [1.54, 1.807) is 11.8 Å². The first kappa shape index (κ1) is 12.0. The van der Waals surface area contributed by atoms with Gasteiger partial charge in [0, 0.05) is 25.9 Å². The summed E-state index contributed by atoms with van der Waals surface area (Å²) >= 11 is 0. The first-order chi connectivity index (χ1) is 7.59. The zero-order chi connectivity index (χ0) is 11.6. The maximum absolute atomic E-state index is 11.6. The molecule has 2 rings (SSSR count). The molecule has 0 aromatic rings. The lowest BCUT2D eigenvalue weighted by molar-refractivity contribution is -0.127. The molecule has 0 aliphatic carbocycles. The molecule has 0 aromatic heterocycles. The highest BCUT2D eigenvalue weighted by atomic mass is 31.2. The number of phosphoric ester groups is 1. The molecule has 2 aliphatic heterocycles. The van der Waals surface area contributed by atoms with Crippen molar-refractivity contribution < 1.29 is 22.9 Å². The Balaban J connectivity index is 1.75. The highest BCUT2D eigenvalue weighted by Gasteiger charge is 2.34. The average Bonchev–Trinajstić information content (AvgIpc) is 2.84. The Hall–Kier alpha value is -0.420. The molecule has 0 bridgehead atoms. The summed E-state index contributed by atoms with van der Waals surface area (Å²) in [6.07, 6.45) is 0.875. The summed E-state index contributed by atoms with van der Waals surface area (Å²) in [6, 6.07) is 0. The van der Waals surface area contributed by atoms with Crippen LogP contribution in [0.25, 0.3) is 0 Å². The van der Waals surface area contributed by atoms with Gasteiger partial charge in [0.2, 0.25) is 5.91 Å². The Morgan fingerprint density at radius 3 is 2.75 bits per heavy atom. The van der Waals surface area contributed by atoms with E-state index in [0.717, 1.165) is 13.0 Å². The van der Waals surface area contributed by atoms with Crippen LogP contribution >= 0.6 is 7.82 Å². The molecule has 16 heavy (non-hydrogen) atoms.